The number of hydrogen-bond donors (Lipinski definition) is 0. The molecule has 0 bridgehead atoms. The van der Waals surface area contributed by atoms with Crippen LogP contribution >= 0.6 is 0 Å². The van der Waals surface area contributed by atoms with Crippen molar-refractivity contribution in [3.8, 4) is 0 Å². The van der Waals surface area contributed by atoms with Gasteiger partial charge in [-0.2, -0.15) is 0 Å². The van der Waals surface area contributed by atoms with Gasteiger partial charge >= 0.3 is 0 Å². The molecule has 1 aromatic rings. The maximum absolute atomic E-state index is 3.91. The first-order valence-corrected chi connectivity index (χ1v) is 5.44. The quantitative estimate of drug-likeness (QED) is 0.620. The van der Waals surface area contributed by atoms with Crippen molar-refractivity contribution in [3.63, 3.8) is 0 Å². The zero-order chi connectivity index (χ0) is 11.0. The van der Waals surface area contributed by atoms with E-state index in [9.17, 15) is 0 Å². The van der Waals surface area contributed by atoms with Crippen LogP contribution in [-0.4, -0.2) is 0 Å². The Bertz CT molecular complexity index is 271. The highest BCUT2D eigenvalue weighted by molar-refractivity contribution is 5.26. The zero-order valence-corrected chi connectivity index (χ0v) is 9.93. The average molecular weight is 190 g/mol. The highest BCUT2D eigenvalue weighted by Crippen LogP contribution is 2.09. The van der Waals surface area contributed by atoms with Crippen molar-refractivity contribution >= 4 is 0 Å². The van der Waals surface area contributed by atoms with E-state index in [0.717, 1.165) is 12.8 Å². The highest BCUT2D eigenvalue weighted by atomic mass is 14.0. The Morgan fingerprint density at radius 3 is 2.29 bits per heavy atom. The Kier molecular flexibility index (Phi) is 6.82. The standard InChI is InChI=1S/C12H16.C2H6/c1-4-11-6-5-7-12(9-11)8-10(2)3;1-2/h5-7,9H,2,4,8H2,1,3H3;1-2H3. The Morgan fingerprint density at radius 2 is 1.79 bits per heavy atom. The van der Waals surface area contributed by atoms with Crippen molar-refractivity contribution in [2.24, 2.45) is 0 Å². The van der Waals surface area contributed by atoms with Gasteiger partial charge in [0, 0.05) is 0 Å². The lowest BCUT2D eigenvalue weighted by atomic mass is 10.0. The molecule has 0 heteroatoms. The van der Waals surface area contributed by atoms with Crippen molar-refractivity contribution < 1.29 is 0 Å². The highest BCUT2D eigenvalue weighted by Gasteiger charge is 1.94. The first-order valence-electron chi connectivity index (χ1n) is 5.44. The molecule has 78 valence electrons. The van der Waals surface area contributed by atoms with Gasteiger partial charge in [0.05, 0.1) is 0 Å². The molecule has 0 aromatic heterocycles. The van der Waals surface area contributed by atoms with E-state index in [2.05, 4.69) is 44.7 Å². The van der Waals surface area contributed by atoms with Crippen LogP contribution in [-0.2, 0) is 12.8 Å². The van der Waals surface area contributed by atoms with Crippen LogP contribution in [0.3, 0.4) is 0 Å². The number of benzene rings is 1. The predicted octanol–water partition coefficient (Wildman–Crippen LogP) is 4.39. The summed E-state index contributed by atoms with van der Waals surface area (Å²) in [6.45, 7) is 12.2. The number of rotatable bonds is 3. The largest absolute Gasteiger partial charge is 0.0998 e. The molecule has 0 radical (unpaired) electrons. The number of aryl methyl sites for hydroxylation is 1. The van der Waals surface area contributed by atoms with Crippen LogP contribution in [0.1, 0.15) is 38.8 Å². The van der Waals surface area contributed by atoms with Gasteiger partial charge in [-0.1, -0.05) is 57.2 Å². The normalized spacial score (nSPS) is 8.86. The van der Waals surface area contributed by atoms with Crippen LogP contribution in [0.5, 0.6) is 0 Å². The van der Waals surface area contributed by atoms with Crippen LogP contribution in [0.2, 0.25) is 0 Å². The van der Waals surface area contributed by atoms with Crippen LogP contribution < -0.4 is 0 Å². The number of allylic oxidation sites excluding steroid dienone is 1. The van der Waals surface area contributed by atoms with Crippen molar-refractivity contribution in [2.75, 3.05) is 0 Å². The molecule has 1 rings (SSSR count). The van der Waals surface area contributed by atoms with E-state index >= 15 is 0 Å². The first-order chi connectivity index (χ1) is 6.72. The molecule has 0 saturated carbocycles. The van der Waals surface area contributed by atoms with Crippen LogP contribution in [0, 0.1) is 0 Å². The molecule has 0 heterocycles. The minimum absolute atomic E-state index is 1.01. The van der Waals surface area contributed by atoms with E-state index in [1.54, 1.807) is 0 Å². The van der Waals surface area contributed by atoms with Gasteiger partial charge in [0.1, 0.15) is 0 Å². The average Bonchev–Trinajstić information content (AvgIpc) is 2.20. The predicted molar refractivity (Wildman–Crippen MR) is 65.7 cm³/mol. The first kappa shape index (κ1) is 13.0. The second-order valence-electron chi connectivity index (χ2n) is 3.31. The fourth-order valence-electron chi connectivity index (χ4n) is 1.31. The Labute approximate surface area is 88.7 Å². The van der Waals surface area contributed by atoms with Gasteiger partial charge in [0.2, 0.25) is 0 Å². The van der Waals surface area contributed by atoms with Crippen LogP contribution in [0.25, 0.3) is 0 Å². The molecule has 0 atom stereocenters. The maximum Gasteiger partial charge on any atom is -0.00725 e. The molecule has 0 aliphatic carbocycles. The second kappa shape index (κ2) is 7.37. The molecule has 0 unspecified atom stereocenters. The van der Waals surface area contributed by atoms with Gasteiger partial charge in [-0.25, -0.2) is 0 Å². The van der Waals surface area contributed by atoms with Gasteiger partial charge < -0.3 is 0 Å². The molecule has 0 fully saturated rings. The molecule has 0 aliphatic heterocycles. The van der Waals surface area contributed by atoms with Gasteiger partial charge in [0.15, 0.2) is 0 Å². The van der Waals surface area contributed by atoms with Crippen LogP contribution in [0.15, 0.2) is 36.4 Å². The minimum atomic E-state index is 1.01. The molecular formula is C14H22. The SMILES string of the molecule is C=C(C)Cc1cccc(CC)c1.CC. The van der Waals surface area contributed by atoms with E-state index in [1.807, 2.05) is 13.8 Å². The summed E-state index contributed by atoms with van der Waals surface area (Å²) in [5.74, 6) is 0. The molecule has 0 saturated heterocycles. The van der Waals surface area contributed by atoms with Gasteiger partial charge in [0.25, 0.3) is 0 Å². The summed E-state index contributed by atoms with van der Waals surface area (Å²) in [5, 5.41) is 0. The second-order valence-corrected chi connectivity index (χ2v) is 3.31. The summed E-state index contributed by atoms with van der Waals surface area (Å²) in [4.78, 5) is 0. The molecule has 0 N–H and O–H groups in total. The van der Waals surface area contributed by atoms with E-state index in [0.29, 0.717) is 0 Å². The molecular weight excluding hydrogens is 168 g/mol. The summed E-state index contributed by atoms with van der Waals surface area (Å²) in [7, 11) is 0. The number of hydrogen-bond acceptors (Lipinski definition) is 0. The molecule has 0 amide bonds. The molecule has 0 spiro atoms. The van der Waals surface area contributed by atoms with Crippen molar-refractivity contribution in [1.82, 2.24) is 0 Å². The Hall–Kier alpha value is -1.04. The third-order valence-electron chi connectivity index (χ3n) is 1.91. The summed E-state index contributed by atoms with van der Waals surface area (Å²) in [6, 6.07) is 8.71. The minimum Gasteiger partial charge on any atom is -0.0998 e. The topological polar surface area (TPSA) is 0 Å². The monoisotopic (exact) mass is 190 g/mol. The zero-order valence-electron chi connectivity index (χ0n) is 9.93. The third-order valence-corrected chi connectivity index (χ3v) is 1.91. The van der Waals surface area contributed by atoms with Crippen molar-refractivity contribution in [1.29, 1.82) is 0 Å². The van der Waals surface area contributed by atoms with E-state index in [1.165, 1.54) is 16.7 Å². The molecule has 0 nitrogen and oxygen atoms in total. The molecule has 0 aliphatic rings. The van der Waals surface area contributed by atoms with E-state index in [-0.39, 0.29) is 0 Å². The summed E-state index contributed by atoms with van der Waals surface area (Å²) >= 11 is 0. The lowest BCUT2D eigenvalue weighted by Gasteiger charge is -2.02. The smallest absolute Gasteiger partial charge is 0.00725 e. The Balaban J connectivity index is 0.000000791. The molecule has 1 aromatic carbocycles. The van der Waals surface area contributed by atoms with Gasteiger partial charge in [-0.3, -0.25) is 0 Å². The van der Waals surface area contributed by atoms with Crippen molar-refractivity contribution in [2.45, 2.75) is 40.5 Å². The fraction of sp³-hybridized carbons (Fsp3) is 0.429. The summed E-state index contributed by atoms with van der Waals surface area (Å²) in [5.41, 5.74) is 4.01. The third kappa shape index (κ3) is 4.86. The van der Waals surface area contributed by atoms with Gasteiger partial charge in [-0.05, 0) is 30.9 Å². The fourth-order valence-corrected chi connectivity index (χ4v) is 1.31. The van der Waals surface area contributed by atoms with Crippen molar-refractivity contribution in [3.05, 3.63) is 47.5 Å². The maximum atomic E-state index is 3.91. The van der Waals surface area contributed by atoms with Crippen LogP contribution in [0.4, 0.5) is 0 Å². The summed E-state index contributed by atoms with van der Waals surface area (Å²) < 4.78 is 0. The lowest BCUT2D eigenvalue weighted by Crippen LogP contribution is -1.87. The summed E-state index contributed by atoms with van der Waals surface area (Å²) in [6.07, 6.45) is 2.12. The lowest BCUT2D eigenvalue weighted by molar-refractivity contribution is 1.10. The van der Waals surface area contributed by atoms with E-state index in [4.69, 9.17) is 0 Å². The van der Waals surface area contributed by atoms with Gasteiger partial charge in [-0.15, -0.1) is 0 Å². The Morgan fingerprint density at radius 1 is 1.21 bits per heavy atom. The molecule has 14 heavy (non-hydrogen) atoms. The van der Waals surface area contributed by atoms with E-state index < -0.39 is 0 Å².